The maximum absolute atomic E-state index is 4.44. The number of hydrogen-bond acceptors (Lipinski definition) is 4. The molecule has 0 amide bonds. The van der Waals surface area contributed by atoms with Gasteiger partial charge in [0.25, 0.3) is 0 Å². The number of nitrogens with zero attached hydrogens (tertiary/aromatic N) is 3. The van der Waals surface area contributed by atoms with E-state index in [-0.39, 0.29) is 0 Å². The molecule has 0 aliphatic carbocycles. The molecule has 1 N–H and O–H groups in total. The molecule has 0 saturated carbocycles. The van der Waals surface area contributed by atoms with Gasteiger partial charge in [0.1, 0.15) is 0 Å². The first kappa shape index (κ1) is 11.3. The summed E-state index contributed by atoms with van der Waals surface area (Å²) in [5.74, 6) is 0.869. The number of hydrogen-bond donors (Lipinski definition) is 1. The molecule has 1 saturated heterocycles. The van der Waals surface area contributed by atoms with Crippen LogP contribution in [0.15, 0.2) is 12.4 Å². The molecule has 1 unspecified atom stereocenters. The quantitative estimate of drug-likeness (QED) is 0.832. The van der Waals surface area contributed by atoms with Crippen molar-refractivity contribution in [2.24, 2.45) is 0 Å². The number of aromatic nitrogens is 2. The summed E-state index contributed by atoms with van der Waals surface area (Å²) >= 11 is 0. The largest absolute Gasteiger partial charge is 0.338 e. The molecule has 4 nitrogen and oxygen atoms in total. The van der Waals surface area contributed by atoms with Crippen molar-refractivity contribution in [2.45, 2.75) is 32.7 Å². The van der Waals surface area contributed by atoms with E-state index >= 15 is 0 Å². The van der Waals surface area contributed by atoms with Gasteiger partial charge in [-0.05, 0) is 18.9 Å². The van der Waals surface area contributed by atoms with Crippen LogP contribution in [0.1, 0.15) is 25.8 Å². The van der Waals surface area contributed by atoms with E-state index in [0.29, 0.717) is 6.04 Å². The van der Waals surface area contributed by atoms with Gasteiger partial charge < -0.3 is 10.2 Å². The number of aryl methyl sites for hydroxylation is 1. The molecule has 1 atom stereocenters. The molecule has 0 radical (unpaired) electrons. The van der Waals surface area contributed by atoms with Crippen LogP contribution in [0.3, 0.4) is 0 Å². The highest BCUT2D eigenvalue weighted by Gasteiger charge is 2.17. The summed E-state index contributed by atoms with van der Waals surface area (Å²) in [7, 11) is 0. The van der Waals surface area contributed by atoms with Gasteiger partial charge in [0.05, 0.1) is 0 Å². The van der Waals surface area contributed by atoms with E-state index in [4.69, 9.17) is 0 Å². The van der Waals surface area contributed by atoms with Crippen molar-refractivity contribution in [3.63, 3.8) is 0 Å². The van der Waals surface area contributed by atoms with Crippen molar-refractivity contribution in [3.8, 4) is 0 Å². The van der Waals surface area contributed by atoms with Crippen LogP contribution < -0.4 is 10.2 Å². The molecule has 1 fully saturated rings. The molecule has 0 bridgehead atoms. The molecule has 88 valence electrons. The molecule has 4 heteroatoms. The Morgan fingerprint density at radius 3 is 2.81 bits per heavy atom. The van der Waals surface area contributed by atoms with Gasteiger partial charge >= 0.3 is 0 Å². The first-order chi connectivity index (χ1) is 7.79. The van der Waals surface area contributed by atoms with E-state index in [0.717, 1.165) is 38.4 Å². The van der Waals surface area contributed by atoms with Gasteiger partial charge in [-0.2, -0.15) is 0 Å². The lowest BCUT2D eigenvalue weighted by Gasteiger charge is -2.31. The third-order valence-corrected chi connectivity index (χ3v) is 2.88. The summed E-state index contributed by atoms with van der Waals surface area (Å²) in [6, 6.07) is 0.521. The lowest BCUT2D eigenvalue weighted by atomic mass is 10.2. The topological polar surface area (TPSA) is 41.1 Å². The van der Waals surface area contributed by atoms with Gasteiger partial charge in [-0.3, -0.25) is 0 Å². The lowest BCUT2D eigenvalue weighted by Crippen LogP contribution is -2.49. The van der Waals surface area contributed by atoms with Crippen molar-refractivity contribution in [1.29, 1.82) is 0 Å². The molecular weight excluding hydrogens is 200 g/mol. The second kappa shape index (κ2) is 5.25. The van der Waals surface area contributed by atoms with Crippen molar-refractivity contribution in [3.05, 3.63) is 18.0 Å². The molecule has 16 heavy (non-hydrogen) atoms. The zero-order chi connectivity index (χ0) is 11.4. The Morgan fingerprint density at radius 2 is 2.19 bits per heavy atom. The Labute approximate surface area is 97.1 Å². The molecular formula is C12H20N4. The lowest BCUT2D eigenvalue weighted by molar-refractivity contribution is 0.479. The van der Waals surface area contributed by atoms with Crippen LogP contribution in [-0.2, 0) is 6.42 Å². The summed E-state index contributed by atoms with van der Waals surface area (Å²) < 4.78 is 0. The van der Waals surface area contributed by atoms with Gasteiger partial charge in [0, 0.05) is 38.1 Å². The van der Waals surface area contributed by atoms with Crippen molar-refractivity contribution >= 4 is 5.95 Å². The minimum Gasteiger partial charge on any atom is -0.338 e. The average Bonchev–Trinajstić information content (AvgIpc) is 2.30. The van der Waals surface area contributed by atoms with E-state index in [1.165, 1.54) is 5.56 Å². The molecule has 1 aromatic heterocycles. The van der Waals surface area contributed by atoms with Crippen molar-refractivity contribution in [2.75, 3.05) is 24.5 Å². The first-order valence-electron chi connectivity index (χ1n) is 6.09. The smallest absolute Gasteiger partial charge is 0.225 e. The van der Waals surface area contributed by atoms with Crippen LogP contribution in [0.4, 0.5) is 5.95 Å². The fraction of sp³-hybridized carbons (Fsp3) is 0.667. The van der Waals surface area contributed by atoms with Gasteiger partial charge in [0.2, 0.25) is 5.95 Å². The third-order valence-electron chi connectivity index (χ3n) is 2.88. The normalized spacial score (nSPS) is 21.1. The Hall–Kier alpha value is -1.16. The fourth-order valence-corrected chi connectivity index (χ4v) is 2.04. The van der Waals surface area contributed by atoms with Crippen LogP contribution in [0, 0.1) is 0 Å². The Balaban J connectivity index is 2.03. The van der Waals surface area contributed by atoms with E-state index in [1.807, 2.05) is 12.4 Å². The minimum absolute atomic E-state index is 0.521. The summed E-state index contributed by atoms with van der Waals surface area (Å²) in [4.78, 5) is 11.1. The first-order valence-corrected chi connectivity index (χ1v) is 6.09. The number of nitrogens with one attached hydrogen (secondary N) is 1. The van der Waals surface area contributed by atoms with Crippen LogP contribution in [0.25, 0.3) is 0 Å². The second-order valence-corrected chi connectivity index (χ2v) is 4.44. The number of rotatable bonds is 3. The molecule has 1 aliphatic heterocycles. The van der Waals surface area contributed by atoms with E-state index < -0.39 is 0 Å². The zero-order valence-corrected chi connectivity index (χ0v) is 10.1. The van der Waals surface area contributed by atoms with Crippen molar-refractivity contribution < 1.29 is 0 Å². The summed E-state index contributed by atoms with van der Waals surface area (Å²) in [5, 5.41) is 3.42. The van der Waals surface area contributed by atoms with E-state index in [1.54, 1.807) is 0 Å². The van der Waals surface area contributed by atoms with Crippen LogP contribution in [-0.4, -0.2) is 35.6 Å². The Kier molecular flexibility index (Phi) is 3.72. The predicted molar refractivity (Wildman–Crippen MR) is 65.7 cm³/mol. The standard InChI is InChI=1S/C12H20N4/c1-3-4-11-7-14-12(15-8-11)16-6-5-13-10(2)9-16/h7-8,10,13H,3-6,9H2,1-2H3. The highest BCUT2D eigenvalue weighted by Crippen LogP contribution is 2.10. The van der Waals surface area contributed by atoms with Gasteiger partial charge in [-0.25, -0.2) is 9.97 Å². The predicted octanol–water partition coefficient (Wildman–Crippen LogP) is 1.23. The molecule has 2 rings (SSSR count). The third kappa shape index (κ3) is 2.70. The summed E-state index contributed by atoms with van der Waals surface area (Å²) in [5.41, 5.74) is 1.23. The molecule has 2 heterocycles. The van der Waals surface area contributed by atoms with Gasteiger partial charge in [-0.15, -0.1) is 0 Å². The second-order valence-electron chi connectivity index (χ2n) is 4.44. The minimum atomic E-state index is 0.521. The summed E-state index contributed by atoms with van der Waals surface area (Å²) in [6.45, 7) is 7.37. The Morgan fingerprint density at radius 1 is 1.44 bits per heavy atom. The van der Waals surface area contributed by atoms with Crippen LogP contribution in [0.5, 0.6) is 0 Å². The Bertz CT molecular complexity index is 322. The van der Waals surface area contributed by atoms with Crippen molar-refractivity contribution in [1.82, 2.24) is 15.3 Å². The molecule has 1 aromatic rings. The highest BCUT2D eigenvalue weighted by atomic mass is 15.3. The zero-order valence-electron chi connectivity index (χ0n) is 10.1. The molecule has 1 aliphatic rings. The maximum atomic E-state index is 4.44. The average molecular weight is 220 g/mol. The maximum Gasteiger partial charge on any atom is 0.225 e. The van der Waals surface area contributed by atoms with Crippen LogP contribution >= 0.6 is 0 Å². The number of anilines is 1. The fourth-order valence-electron chi connectivity index (χ4n) is 2.04. The summed E-state index contributed by atoms with van der Waals surface area (Å²) in [6.07, 6.45) is 6.13. The van der Waals surface area contributed by atoms with Crippen LogP contribution in [0.2, 0.25) is 0 Å². The molecule has 0 spiro atoms. The van der Waals surface area contributed by atoms with E-state index in [2.05, 4.69) is 34.0 Å². The monoisotopic (exact) mass is 220 g/mol. The van der Waals surface area contributed by atoms with E-state index in [9.17, 15) is 0 Å². The highest BCUT2D eigenvalue weighted by molar-refractivity contribution is 5.31. The SMILES string of the molecule is CCCc1cnc(N2CCNC(C)C2)nc1. The molecule has 0 aromatic carbocycles. The van der Waals surface area contributed by atoms with Gasteiger partial charge in [0.15, 0.2) is 0 Å². The van der Waals surface area contributed by atoms with Gasteiger partial charge in [-0.1, -0.05) is 13.3 Å². The number of piperazine rings is 1.